The summed E-state index contributed by atoms with van der Waals surface area (Å²) in [7, 11) is 1.64. The molecule has 65 heavy (non-hydrogen) atoms. The molecule has 5 N–H and O–H groups in total. The number of hydrogen-bond acceptors (Lipinski definition) is 7. The number of hydrogen-bond donors (Lipinski definition) is 5. The standard InChI is InChI=1S/C54H56N4O7/c1-64-42-32-30-41(31-33-42)54(39-20-7-3-8-21-39,40-22-9-4-10-23-40)56-35-16-15-28-48(51(61)55-34-17-29-50(59)60)57-52(62)49(36-38-18-5-2-6-19-38)58-53(63)65-37-47-45-26-13-11-24-43(45)44-25-12-14-27-46(44)47/h2-14,18-27,30-33,47-49,56H,15-17,28-29,34-37H2,1H3,(H,55,61)(H,57,62)(H,58,63)(H,59,60)/t48?,49-/m0/s1. The van der Waals surface area contributed by atoms with Crippen LogP contribution >= 0.6 is 0 Å². The largest absolute Gasteiger partial charge is 0.497 e. The van der Waals surface area contributed by atoms with Gasteiger partial charge in [-0.15, -0.1) is 0 Å². The second-order valence-corrected chi connectivity index (χ2v) is 16.2. The van der Waals surface area contributed by atoms with Crippen molar-refractivity contribution in [3.05, 3.63) is 197 Å². The lowest BCUT2D eigenvalue weighted by Gasteiger charge is -2.37. The number of nitrogens with one attached hydrogen (secondary N) is 4. The maximum absolute atomic E-state index is 14.3. The van der Waals surface area contributed by atoms with Crippen molar-refractivity contribution in [3.8, 4) is 16.9 Å². The molecule has 0 fully saturated rings. The molecule has 0 heterocycles. The number of carbonyl (C=O) groups excluding carboxylic acids is 3. The van der Waals surface area contributed by atoms with Gasteiger partial charge in [0.05, 0.1) is 12.6 Å². The number of amides is 3. The molecule has 0 bridgehead atoms. The first kappa shape index (κ1) is 45.8. The average molecular weight is 873 g/mol. The molecule has 11 heteroatoms. The van der Waals surface area contributed by atoms with Crippen LogP contribution < -0.4 is 26.0 Å². The first-order valence-corrected chi connectivity index (χ1v) is 22.2. The Morgan fingerprint density at radius 3 is 1.74 bits per heavy atom. The second-order valence-electron chi connectivity index (χ2n) is 16.2. The number of benzene rings is 6. The zero-order chi connectivity index (χ0) is 45.4. The number of alkyl carbamates (subject to hydrolysis) is 1. The van der Waals surface area contributed by atoms with Crippen LogP contribution in [0.15, 0.2) is 164 Å². The summed E-state index contributed by atoms with van der Waals surface area (Å²) in [5.41, 5.74) is 7.55. The summed E-state index contributed by atoms with van der Waals surface area (Å²) >= 11 is 0. The van der Waals surface area contributed by atoms with Crippen LogP contribution in [0.25, 0.3) is 11.1 Å². The van der Waals surface area contributed by atoms with E-state index in [0.717, 1.165) is 50.3 Å². The molecule has 2 atom stereocenters. The minimum absolute atomic E-state index is 0.0727. The number of carboxylic acids is 1. The zero-order valence-corrected chi connectivity index (χ0v) is 36.6. The third-order valence-electron chi connectivity index (χ3n) is 12.0. The summed E-state index contributed by atoms with van der Waals surface area (Å²) < 4.78 is 11.3. The van der Waals surface area contributed by atoms with E-state index in [-0.39, 0.29) is 44.8 Å². The van der Waals surface area contributed by atoms with E-state index >= 15 is 0 Å². The molecular weight excluding hydrogens is 817 g/mol. The highest BCUT2D eigenvalue weighted by Gasteiger charge is 2.36. The van der Waals surface area contributed by atoms with Gasteiger partial charge in [-0.3, -0.25) is 19.7 Å². The van der Waals surface area contributed by atoms with Gasteiger partial charge in [0.2, 0.25) is 11.8 Å². The Bertz CT molecular complexity index is 2420. The number of rotatable bonds is 22. The van der Waals surface area contributed by atoms with E-state index in [1.807, 2.05) is 115 Å². The molecule has 1 aliphatic carbocycles. The number of carbonyl (C=O) groups is 4. The van der Waals surface area contributed by atoms with Gasteiger partial charge >= 0.3 is 12.1 Å². The first-order valence-electron chi connectivity index (χ1n) is 22.2. The van der Waals surface area contributed by atoms with Crippen LogP contribution in [0.3, 0.4) is 0 Å². The van der Waals surface area contributed by atoms with Gasteiger partial charge in [-0.2, -0.15) is 0 Å². The Hall–Kier alpha value is -7.24. The monoisotopic (exact) mass is 872 g/mol. The summed E-state index contributed by atoms with van der Waals surface area (Å²) in [6.45, 7) is 0.753. The van der Waals surface area contributed by atoms with Gasteiger partial charge in [-0.05, 0) is 88.9 Å². The highest BCUT2D eigenvalue weighted by Crippen LogP contribution is 2.44. The third kappa shape index (κ3) is 11.5. The van der Waals surface area contributed by atoms with Gasteiger partial charge in [-0.1, -0.05) is 152 Å². The van der Waals surface area contributed by atoms with E-state index in [9.17, 15) is 24.3 Å². The van der Waals surface area contributed by atoms with Crippen molar-refractivity contribution < 1.29 is 33.8 Å². The van der Waals surface area contributed by atoms with Crippen LogP contribution in [-0.4, -0.2) is 67.9 Å². The molecule has 1 aliphatic rings. The SMILES string of the molecule is COc1ccc(C(NCCCCC(NC(=O)[C@H](Cc2ccccc2)NC(=O)OCC2c3ccccc3-c3ccccc32)C(=O)NCCCC(=O)O)(c2ccccc2)c2ccccc2)cc1. The minimum atomic E-state index is -1.07. The van der Waals surface area contributed by atoms with Crippen LogP contribution in [0.5, 0.6) is 5.75 Å². The predicted molar refractivity (Wildman–Crippen MR) is 252 cm³/mol. The normalized spacial score (nSPS) is 12.8. The van der Waals surface area contributed by atoms with Crippen molar-refractivity contribution in [3.63, 3.8) is 0 Å². The fourth-order valence-electron chi connectivity index (χ4n) is 8.73. The maximum Gasteiger partial charge on any atom is 0.407 e. The highest BCUT2D eigenvalue weighted by molar-refractivity contribution is 5.91. The lowest BCUT2D eigenvalue weighted by molar-refractivity contribution is -0.137. The van der Waals surface area contributed by atoms with E-state index in [1.54, 1.807) is 7.11 Å². The molecule has 0 spiro atoms. The van der Waals surface area contributed by atoms with E-state index in [4.69, 9.17) is 9.47 Å². The fourth-order valence-corrected chi connectivity index (χ4v) is 8.73. The molecule has 0 aliphatic heterocycles. The Kier molecular flexibility index (Phi) is 15.8. The number of carboxylic acid groups (broad SMARTS) is 1. The van der Waals surface area contributed by atoms with Crippen molar-refractivity contribution >= 4 is 23.9 Å². The van der Waals surface area contributed by atoms with Gasteiger partial charge in [-0.25, -0.2) is 4.79 Å². The molecule has 6 aromatic carbocycles. The summed E-state index contributed by atoms with van der Waals surface area (Å²) in [5, 5.41) is 21.6. The summed E-state index contributed by atoms with van der Waals surface area (Å²) in [6.07, 6.45) is 1.00. The van der Waals surface area contributed by atoms with Crippen molar-refractivity contribution in [1.82, 2.24) is 21.3 Å². The summed E-state index contributed by atoms with van der Waals surface area (Å²) in [6, 6.07) is 52.0. The number of aliphatic carboxylic acids is 1. The van der Waals surface area contributed by atoms with Gasteiger partial charge in [0.25, 0.3) is 0 Å². The topological polar surface area (TPSA) is 155 Å². The Morgan fingerprint density at radius 2 is 1.15 bits per heavy atom. The number of methoxy groups -OCH3 is 1. The van der Waals surface area contributed by atoms with Crippen LogP contribution in [0, 0.1) is 0 Å². The highest BCUT2D eigenvalue weighted by atomic mass is 16.5. The Labute approximate surface area is 380 Å². The molecule has 6 aromatic rings. The molecule has 3 amide bonds. The Morgan fingerprint density at radius 1 is 0.600 bits per heavy atom. The van der Waals surface area contributed by atoms with E-state index in [0.29, 0.717) is 19.4 Å². The number of unbranched alkanes of at least 4 members (excludes halogenated alkanes) is 1. The van der Waals surface area contributed by atoms with Gasteiger partial charge in [0.15, 0.2) is 0 Å². The zero-order valence-electron chi connectivity index (χ0n) is 36.6. The number of fused-ring (bicyclic) bond motifs is 3. The third-order valence-corrected chi connectivity index (χ3v) is 12.0. The van der Waals surface area contributed by atoms with Crippen LogP contribution in [0.1, 0.15) is 71.4 Å². The number of ether oxygens (including phenoxy) is 2. The van der Waals surface area contributed by atoms with Crippen LogP contribution in [0.4, 0.5) is 4.79 Å². The minimum Gasteiger partial charge on any atom is -0.497 e. The van der Waals surface area contributed by atoms with Gasteiger partial charge in [0.1, 0.15) is 24.4 Å². The molecule has 0 aromatic heterocycles. The molecule has 0 radical (unpaired) electrons. The van der Waals surface area contributed by atoms with E-state index < -0.39 is 41.5 Å². The van der Waals surface area contributed by atoms with Crippen molar-refractivity contribution in [2.45, 2.75) is 62.1 Å². The van der Waals surface area contributed by atoms with Crippen molar-refractivity contribution in [1.29, 1.82) is 0 Å². The smallest absolute Gasteiger partial charge is 0.407 e. The second kappa shape index (κ2) is 22.4. The van der Waals surface area contributed by atoms with Crippen molar-refractivity contribution in [2.75, 3.05) is 26.8 Å². The average Bonchev–Trinajstić information content (AvgIpc) is 3.67. The molecular formula is C54H56N4O7. The quantitative estimate of drug-likeness (QED) is 0.0337. The maximum atomic E-state index is 14.3. The molecule has 1 unspecified atom stereocenters. The lowest BCUT2D eigenvalue weighted by Crippen LogP contribution is -2.54. The molecule has 0 saturated carbocycles. The predicted octanol–water partition coefficient (Wildman–Crippen LogP) is 8.36. The van der Waals surface area contributed by atoms with Crippen LogP contribution in [-0.2, 0) is 31.1 Å². The Balaban J connectivity index is 1.06. The molecule has 334 valence electrons. The molecule has 11 nitrogen and oxygen atoms in total. The lowest BCUT2D eigenvalue weighted by atomic mass is 9.77. The summed E-state index contributed by atoms with van der Waals surface area (Å²) in [5.74, 6) is -1.36. The van der Waals surface area contributed by atoms with Gasteiger partial charge < -0.3 is 30.5 Å². The van der Waals surface area contributed by atoms with Crippen LogP contribution in [0.2, 0.25) is 0 Å². The first-order chi connectivity index (χ1) is 31.8. The molecule has 0 saturated heterocycles. The van der Waals surface area contributed by atoms with E-state index in [1.165, 1.54) is 0 Å². The fraction of sp³-hybridized carbons (Fsp3) is 0.259. The summed E-state index contributed by atoms with van der Waals surface area (Å²) in [4.78, 5) is 52.9. The van der Waals surface area contributed by atoms with Crippen molar-refractivity contribution in [2.24, 2.45) is 0 Å². The van der Waals surface area contributed by atoms with Gasteiger partial charge in [0, 0.05) is 25.3 Å². The van der Waals surface area contributed by atoms with E-state index in [2.05, 4.69) is 69.8 Å². The molecule has 7 rings (SSSR count).